The molecule has 1 aliphatic carbocycles. The fraction of sp³-hybridized carbons (Fsp3) is 0.533. The van der Waals surface area contributed by atoms with Crippen LogP contribution in [-0.2, 0) is 0 Å². The van der Waals surface area contributed by atoms with E-state index >= 15 is 0 Å². The van der Waals surface area contributed by atoms with Gasteiger partial charge in [0.1, 0.15) is 6.07 Å². The lowest BCUT2D eigenvalue weighted by Crippen LogP contribution is -2.39. The molecule has 1 heterocycles. The van der Waals surface area contributed by atoms with E-state index < -0.39 is 0 Å². The predicted octanol–water partition coefficient (Wildman–Crippen LogP) is 2.34. The maximum Gasteiger partial charge on any atom is 0.101 e. The Morgan fingerprint density at radius 2 is 2.11 bits per heavy atom. The van der Waals surface area contributed by atoms with Crippen molar-refractivity contribution in [3.63, 3.8) is 0 Å². The van der Waals surface area contributed by atoms with E-state index in [4.69, 9.17) is 5.73 Å². The third-order valence-corrected chi connectivity index (χ3v) is 3.66. The molecule has 0 radical (unpaired) electrons. The van der Waals surface area contributed by atoms with Crippen LogP contribution in [0.2, 0.25) is 0 Å². The summed E-state index contributed by atoms with van der Waals surface area (Å²) >= 11 is 0. The molecule has 3 heteroatoms. The monoisotopic (exact) mass is 243 g/mol. The largest absolute Gasteiger partial charge is 0.371 e. The molecule has 0 bridgehead atoms. The molecule has 3 nitrogen and oxygen atoms in total. The van der Waals surface area contributed by atoms with E-state index in [2.05, 4.69) is 30.0 Å². The number of nitriles is 1. The number of hydrogen-bond donors (Lipinski definition) is 1. The highest BCUT2D eigenvalue weighted by Crippen LogP contribution is 2.23. The molecule has 96 valence electrons. The molecule has 1 aliphatic heterocycles. The van der Waals surface area contributed by atoms with Crippen molar-refractivity contribution in [3.05, 3.63) is 35.6 Å². The van der Waals surface area contributed by atoms with Crippen LogP contribution in [-0.4, -0.2) is 24.0 Å². The first-order chi connectivity index (χ1) is 8.70. The number of likely N-dealkylation sites (tertiary alicyclic amines) is 1. The summed E-state index contributed by atoms with van der Waals surface area (Å²) in [6.45, 7) is 4.12. The van der Waals surface area contributed by atoms with Crippen molar-refractivity contribution < 1.29 is 0 Å². The average Bonchev–Trinajstić information content (AvgIpc) is 2.36. The molecular weight excluding hydrogens is 222 g/mol. The Balaban J connectivity index is 2.20. The van der Waals surface area contributed by atoms with Crippen molar-refractivity contribution in [3.8, 4) is 6.07 Å². The normalized spacial score (nSPS) is 33.4. The Hall–Kier alpha value is -1.53. The van der Waals surface area contributed by atoms with Gasteiger partial charge in [-0.1, -0.05) is 25.2 Å². The minimum atomic E-state index is 0.323. The van der Waals surface area contributed by atoms with Crippen LogP contribution in [0.15, 0.2) is 35.6 Å². The molecule has 0 saturated carbocycles. The van der Waals surface area contributed by atoms with Gasteiger partial charge in [0.05, 0.1) is 11.3 Å². The van der Waals surface area contributed by atoms with Crippen LogP contribution >= 0.6 is 0 Å². The molecule has 1 atom stereocenters. The van der Waals surface area contributed by atoms with Crippen LogP contribution in [0.1, 0.15) is 26.2 Å². The summed E-state index contributed by atoms with van der Waals surface area (Å²) in [5, 5.41) is 9.28. The standard InChI is InChI=1S/C15H21N3/c1-12-3-2-4-13(11-16)15(6-5-12)18-9-7-14(17)8-10-18/h2-4,6,12,14H,5,7-10,17H2,1H3/b3-2-,13-4-,15-6-. The fourth-order valence-corrected chi connectivity index (χ4v) is 2.45. The van der Waals surface area contributed by atoms with E-state index in [9.17, 15) is 5.26 Å². The Kier molecular flexibility index (Phi) is 4.22. The molecular formula is C15H21N3. The third kappa shape index (κ3) is 3.02. The first-order valence-electron chi connectivity index (χ1n) is 6.70. The highest BCUT2D eigenvalue weighted by Gasteiger charge is 2.20. The minimum Gasteiger partial charge on any atom is -0.371 e. The van der Waals surface area contributed by atoms with Gasteiger partial charge in [-0.15, -0.1) is 0 Å². The van der Waals surface area contributed by atoms with Gasteiger partial charge in [-0.25, -0.2) is 0 Å². The first kappa shape index (κ1) is 12.9. The van der Waals surface area contributed by atoms with Crippen molar-refractivity contribution in [1.29, 1.82) is 5.26 Å². The lowest BCUT2D eigenvalue weighted by Gasteiger charge is -2.34. The van der Waals surface area contributed by atoms with Gasteiger partial charge >= 0.3 is 0 Å². The second kappa shape index (κ2) is 5.88. The van der Waals surface area contributed by atoms with E-state index in [1.807, 2.05) is 12.2 Å². The van der Waals surface area contributed by atoms with Gasteiger partial charge in [0.15, 0.2) is 0 Å². The molecule has 0 aromatic rings. The maximum absolute atomic E-state index is 9.28. The van der Waals surface area contributed by atoms with Crippen molar-refractivity contribution in [2.45, 2.75) is 32.2 Å². The lowest BCUT2D eigenvalue weighted by molar-refractivity contribution is 0.268. The van der Waals surface area contributed by atoms with Gasteiger partial charge in [0, 0.05) is 19.1 Å². The van der Waals surface area contributed by atoms with Crippen LogP contribution in [0, 0.1) is 17.2 Å². The number of hydrogen-bond acceptors (Lipinski definition) is 3. The third-order valence-electron chi connectivity index (χ3n) is 3.66. The van der Waals surface area contributed by atoms with Crippen LogP contribution < -0.4 is 5.73 Å². The molecule has 2 N–H and O–H groups in total. The Morgan fingerprint density at radius 3 is 2.78 bits per heavy atom. The van der Waals surface area contributed by atoms with Crippen LogP contribution in [0.4, 0.5) is 0 Å². The van der Waals surface area contributed by atoms with Gasteiger partial charge in [-0.3, -0.25) is 0 Å². The highest BCUT2D eigenvalue weighted by molar-refractivity contribution is 5.44. The van der Waals surface area contributed by atoms with Crippen LogP contribution in [0.3, 0.4) is 0 Å². The summed E-state index contributed by atoms with van der Waals surface area (Å²) in [6.07, 6.45) is 11.3. The molecule has 1 fully saturated rings. The molecule has 0 aromatic heterocycles. The van der Waals surface area contributed by atoms with Gasteiger partial charge in [0.2, 0.25) is 0 Å². The van der Waals surface area contributed by atoms with Crippen LogP contribution in [0.25, 0.3) is 0 Å². The predicted molar refractivity (Wildman–Crippen MR) is 73.5 cm³/mol. The van der Waals surface area contributed by atoms with E-state index in [1.54, 1.807) is 0 Å². The number of nitrogens with two attached hydrogens (primary N) is 1. The van der Waals surface area contributed by atoms with Crippen LogP contribution in [0.5, 0.6) is 0 Å². The lowest BCUT2D eigenvalue weighted by atomic mass is 9.98. The number of piperidine rings is 1. The highest BCUT2D eigenvalue weighted by atomic mass is 15.1. The number of nitrogens with zero attached hydrogens (tertiary/aromatic N) is 2. The average molecular weight is 243 g/mol. The molecule has 1 unspecified atom stereocenters. The molecule has 2 aliphatic rings. The zero-order valence-electron chi connectivity index (χ0n) is 11.0. The van der Waals surface area contributed by atoms with Crippen molar-refractivity contribution >= 4 is 0 Å². The van der Waals surface area contributed by atoms with Gasteiger partial charge in [-0.05, 0) is 31.3 Å². The minimum absolute atomic E-state index is 0.323. The second-order valence-electron chi connectivity index (χ2n) is 5.20. The van der Waals surface area contributed by atoms with Crippen molar-refractivity contribution in [2.24, 2.45) is 11.7 Å². The summed E-state index contributed by atoms with van der Waals surface area (Å²) in [6, 6.07) is 2.64. The quantitative estimate of drug-likeness (QED) is 0.769. The van der Waals surface area contributed by atoms with E-state index in [0.717, 1.165) is 43.6 Å². The Morgan fingerprint density at radius 1 is 1.39 bits per heavy atom. The van der Waals surface area contributed by atoms with E-state index in [-0.39, 0.29) is 0 Å². The zero-order valence-corrected chi connectivity index (χ0v) is 11.0. The topological polar surface area (TPSA) is 53.0 Å². The number of rotatable bonds is 1. The molecule has 0 spiro atoms. The summed E-state index contributed by atoms with van der Waals surface area (Å²) in [5.41, 5.74) is 7.80. The van der Waals surface area contributed by atoms with Gasteiger partial charge in [0.25, 0.3) is 0 Å². The summed E-state index contributed by atoms with van der Waals surface area (Å²) in [7, 11) is 0. The van der Waals surface area contributed by atoms with Crippen molar-refractivity contribution in [1.82, 2.24) is 4.90 Å². The first-order valence-corrected chi connectivity index (χ1v) is 6.70. The number of allylic oxidation sites excluding steroid dienone is 5. The van der Waals surface area contributed by atoms with Gasteiger partial charge < -0.3 is 10.6 Å². The fourth-order valence-electron chi connectivity index (χ4n) is 2.45. The maximum atomic E-state index is 9.28. The SMILES string of the molecule is CC1\C=C/C=C(C#N)\C(N2CCC(N)CC2)=C\C1. The Bertz CT molecular complexity index is 418. The molecule has 0 aromatic carbocycles. The Labute approximate surface area is 109 Å². The summed E-state index contributed by atoms with van der Waals surface area (Å²) in [5.74, 6) is 0.531. The van der Waals surface area contributed by atoms with E-state index in [1.165, 1.54) is 0 Å². The van der Waals surface area contributed by atoms with E-state index in [0.29, 0.717) is 12.0 Å². The smallest absolute Gasteiger partial charge is 0.101 e. The summed E-state index contributed by atoms with van der Waals surface area (Å²) in [4.78, 5) is 2.31. The summed E-state index contributed by atoms with van der Waals surface area (Å²) < 4.78 is 0. The molecule has 2 rings (SSSR count). The molecule has 0 amide bonds. The second-order valence-corrected chi connectivity index (χ2v) is 5.20. The van der Waals surface area contributed by atoms with Gasteiger partial charge in [-0.2, -0.15) is 5.26 Å². The zero-order chi connectivity index (χ0) is 13.0. The molecule has 1 saturated heterocycles. The van der Waals surface area contributed by atoms with Crippen molar-refractivity contribution in [2.75, 3.05) is 13.1 Å². The molecule has 18 heavy (non-hydrogen) atoms.